The summed E-state index contributed by atoms with van der Waals surface area (Å²) < 4.78 is 0. The van der Waals surface area contributed by atoms with Crippen LogP contribution in [0.25, 0.3) is 0 Å². The number of hydrogen-bond acceptors (Lipinski definition) is 4. The molecule has 24 heavy (non-hydrogen) atoms. The quantitative estimate of drug-likeness (QED) is 0.901. The number of carbonyl (C=O) groups excluding carboxylic acids is 2. The van der Waals surface area contributed by atoms with Crippen molar-refractivity contribution in [2.45, 2.75) is 17.1 Å². The van der Waals surface area contributed by atoms with Crippen LogP contribution in [0.1, 0.15) is 12.5 Å². The van der Waals surface area contributed by atoms with Gasteiger partial charge in [0, 0.05) is 10.6 Å². The zero-order valence-corrected chi connectivity index (χ0v) is 13.8. The van der Waals surface area contributed by atoms with E-state index >= 15 is 0 Å². The molecule has 0 bridgehead atoms. The van der Waals surface area contributed by atoms with Crippen LogP contribution in [-0.2, 0) is 9.59 Å². The summed E-state index contributed by atoms with van der Waals surface area (Å²) in [7, 11) is 0. The van der Waals surface area contributed by atoms with Crippen molar-refractivity contribution in [2.75, 3.05) is 10.6 Å². The first kappa shape index (κ1) is 16.1. The minimum Gasteiger partial charge on any atom is -0.326 e. The molecule has 2 amide bonds. The van der Waals surface area contributed by atoms with Crippen LogP contribution in [0.2, 0.25) is 0 Å². The zero-order chi connectivity index (χ0) is 17.1. The summed E-state index contributed by atoms with van der Waals surface area (Å²) in [5.41, 5.74) is 1.80. The number of anilines is 2. The van der Waals surface area contributed by atoms with Crippen LogP contribution in [0.4, 0.5) is 11.4 Å². The van der Waals surface area contributed by atoms with E-state index in [1.165, 1.54) is 11.8 Å². The van der Waals surface area contributed by atoms with Crippen molar-refractivity contribution >= 4 is 35.0 Å². The molecule has 2 N–H and O–H groups in total. The molecule has 5 nitrogen and oxygen atoms in total. The molecule has 0 spiro atoms. The summed E-state index contributed by atoms with van der Waals surface area (Å²) >= 11 is 1.39. The van der Waals surface area contributed by atoms with Gasteiger partial charge in [-0.2, -0.15) is 5.26 Å². The molecule has 3 rings (SSSR count). The monoisotopic (exact) mass is 337 g/mol. The van der Waals surface area contributed by atoms with Gasteiger partial charge in [-0.3, -0.25) is 9.59 Å². The van der Waals surface area contributed by atoms with Gasteiger partial charge in [-0.05, 0) is 30.3 Å². The van der Waals surface area contributed by atoms with E-state index in [9.17, 15) is 9.59 Å². The molecule has 1 aliphatic rings. The first-order valence-electron chi connectivity index (χ1n) is 7.46. The molecule has 6 heteroatoms. The van der Waals surface area contributed by atoms with E-state index in [-0.39, 0.29) is 11.8 Å². The third-order valence-electron chi connectivity index (χ3n) is 3.78. The van der Waals surface area contributed by atoms with Gasteiger partial charge >= 0.3 is 0 Å². The van der Waals surface area contributed by atoms with Crippen molar-refractivity contribution in [3.05, 3.63) is 54.1 Å². The van der Waals surface area contributed by atoms with Crippen LogP contribution in [0, 0.1) is 17.2 Å². The zero-order valence-electron chi connectivity index (χ0n) is 12.9. The number of benzene rings is 2. The molecule has 0 aliphatic carbocycles. The SMILES string of the molecule is CC(C(=O)Nc1cccc(C#N)c1)C1Sc2ccccc2NC1=O. The van der Waals surface area contributed by atoms with Gasteiger partial charge < -0.3 is 10.6 Å². The van der Waals surface area contributed by atoms with Gasteiger partial charge in [-0.15, -0.1) is 11.8 Å². The largest absolute Gasteiger partial charge is 0.326 e. The van der Waals surface area contributed by atoms with E-state index < -0.39 is 11.2 Å². The Balaban J connectivity index is 1.74. The molecular weight excluding hydrogens is 322 g/mol. The summed E-state index contributed by atoms with van der Waals surface area (Å²) in [5, 5.41) is 14.0. The van der Waals surface area contributed by atoms with Gasteiger partial charge in [0.25, 0.3) is 0 Å². The lowest BCUT2D eigenvalue weighted by molar-refractivity contribution is -0.123. The van der Waals surface area contributed by atoms with Crippen molar-refractivity contribution < 1.29 is 9.59 Å². The van der Waals surface area contributed by atoms with Crippen LogP contribution < -0.4 is 10.6 Å². The highest BCUT2D eigenvalue weighted by molar-refractivity contribution is 8.01. The minimum absolute atomic E-state index is 0.174. The van der Waals surface area contributed by atoms with E-state index in [2.05, 4.69) is 10.6 Å². The standard InChI is InChI=1S/C18H15N3O2S/c1-11(17(22)20-13-6-4-5-12(9-13)10-19)16-18(23)21-14-7-2-3-8-15(14)24-16/h2-9,11,16H,1H3,(H,20,22)(H,21,23). The molecule has 120 valence electrons. The molecule has 0 aromatic heterocycles. The van der Waals surface area contributed by atoms with Crippen molar-refractivity contribution in [3.8, 4) is 6.07 Å². The number of thioether (sulfide) groups is 1. The van der Waals surface area contributed by atoms with Gasteiger partial charge in [0.05, 0.1) is 28.5 Å². The number of fused-ring (bicyclic) bond motifs is 1. The number of rotatable bonds is 3. The maximum Gasteiger partial charge on any atom is 0.238 e. The first-order chi connectivity index (χ1) is 11.6. The van der Waals surface area contributed by atoms with E-state index in [1.807, 2.05) is 30.3 Å². The smallest absolute Gasteiger partial charge is 0.238 e. The Hall–Kier alpha value is -2.78. The summed E-state index contributed by atoms with van der Waals surface area (Å²) in [6, 6.07) is 16.3. The Bertz CT molecular complexity index is 844. The van der Waals surface area contributed by atoms with Gasteiger partial charge in [0.1, 0.15) is 0 Å². The Kier molecular flexibility index (Phi) is 4.54. The van der Waals surface area contributed by atoms with Gasteiger partial charge in [-0.1, -0.05) is 25.1 Å². The predicted octanol–water partition coefficient (Wildman–Crippen LogP) is 3.25. The van der Waals surface area contributed by atoms with Crippen molar-refractivity contribution in [2.24, 2.45) is 5.92 Å². The second-order valence-electron chi connectivity index (χ2n) is 5.49. The number of nitriles is 1. The lowest BCUT2D eigenvalue weighted by Crippen LogP contribution is -2.39. The van der Waals surface area contributed by atoms with Crippen LogP contribution in [0.15, 0.2) is 53.4 Å². The Labute approximate surface area is 144 Å². The van der Waals surface area contributed by atoms with Crippen LogP contribution in [0.5, 0.6) is 0 Å². The van der Waals surface area contributed by atoms with E-state index in [1.54, 1.807) is 31.2 Å². The Morgan fingerprint density at radius 3 is 2.88 bits per heavy atom. The highest BCUT2D eigenvalue weighted by atomic mass is 32.2. The number of para-hydroxylation sites is 1. The lowest BCUT2D eigenvalue weighted by Gasteiger charge is -2.27. The fourth-order valence-corrected chi connectivity index (χ4v) is 3.63. The van der Waals surface area contributed by atoms with Crippen molar-refractivity contribution in [1.29, 1.82) is 5.26 Å². The van der Waals surface area contributed by atoms with E-state index in [4.69, 9.17) is 5.26 Å². The topological polar surface area (TPSA) is 82.0 Å². The first-order valence-corrected chi connectivity index (χ1v) is 8.34. The fraction of sp³-hybridized carbons (Fsp3) is 0.167. The number of carbonyl (C=O) groups is 2. The maximum absolute atomic E-state index is 12.5. The molecule has 0 saturated carbocycles. The maximum atomic E-state index is 12.5. The van der Waals surface area contributed by atoms with E-state index in [0.717, 1.165) is 10.6 Å². The summed E-state index contributed by atoms with van der Waals surface area (Å²) in [4.78, 5) is 25.7. The molecule has 1 heterocycles. The van der Waals surface area contributed by atoms with Crippen molar-refractivity contribution in [3.63, 3.8) is 0 Å². The molecule has 2 atom stereocenters. The third kappa shape index (κ3) is 3.26. The number of amides is 2. The highest BCUT2D eigenvalue weighted by Gasteiger charge is 2.35. The minimum atomic E-state index is -0.519. The summed E-state index contributed by atoms with van der Waals surface area (Å²) in [6.45, 7) is 1.73. The van der Waals surface area contributed by atoms with E-state index in [0.29, 0.717) is 11.3 Å². The summed E-state index contributed by atoms with van der Waals surface area (Å²) in [6.07, 6.45) is 0. The fourth-order valence-electron chi connectivity index (χ4n) is 2.46. The number of nitrogens with one attached hydrogen (secondary N) is 2. The normalized spacial score (nSPS) is 17.2. The molecule has 2 aromatic carbocycles. The van der Waals surface area contributed by atoms with Gasteiger partial charge in [0.2, 0.25) is 11.8 Å². The molecule has 0 saturated heterocycles. The predicted molar refractivity (Wildman–Crippen MR) is 93.7 cm³/mol. The van der Waals surface area contributed by atoms with Crippen LogP contribution >= 0.6 is 11.8 Å². The van der Waals surface area contributed by atoms with Gasteiger partial charge in [-0.25, -0.2) is 0 Å². The van der Waals surface area contributed by atoms with Crippen LogP contribution in [0.3, 0.4) is 0 Å². The molecule has 0 fully saturated rings. The second-order valence-corrected chi connectivity index (χ2v) is 6.68. The molecule has 0 radical (unpaired) electrons. The highest BCUT2D eigenvalue weighted by Crippen LogP contribution is 2.38. The Morgan fingerprint density at radius 1 is 1.29 bits per heavy atom. The number of nitrogens with zero attached hydrogens (tertiary/aromatic N) is 1. The third-order valence-corrected chi connectivity index (χ3v) is 5.27. The average Bonchev–Trinajstić information content (AvgIpc) is 2.60. The second kappa shape index (κ2) is 6.77. The summed E-state index contributed by atoms with van der Waals surface area (Å²) in [5.74, 6) is -0.946. The van der Waals surface area contributed by atoms with Crippen LogP contribution in [-0.4, -0.2) is 17.1 Å². The number of hydrogen-bond donors (Lipinski definition) is 2. The Morgan fingerprint density at radius 2 is 2.08 bits per heavy atom. The molecule has 2 unspecified atom stereocenters. The molecule has 2 aromatic rings. The van der Waals surface area contributed by atoms with Gasteiger partial charge in [0.15, 0.2) is 0 Å². The average molecular weight is 337 g/mol. The molecular formula is C18H15N3O2S. The molecule has 1 aliphatic heterocycles. The van der Waals surface area contributed by atoms with Crippen molar-refractivity contribution in [1.82, 2.24) is 0 Å². The lowest BCUT2D eigenvalue weighted by atomic mass is 10.1.